The summed E-state index contributed by atoms with van der Waals surface area (Å²) in [5, 5.41) is 7.39. The lowest BCUT2D eigenvalue weighted by Gasteiger charge is -2.54. The fourth-order valence-corrected chi connectivity index (χ4v) is 5.73. The summed E-state index contributed by atoms with van der Waals surface area (Å²) in [6.45, 7) is 3.76. The smallest absolute Gasteiger partial charge is 0.0192 e. The van der Waals surface area contributed by atoms with E-state index in [1.54, 1.807) is 32.1 Å². The van der Waals surface area contributed by atoms with E-state index in [0.717, 1.165) is 35.6 Å². The third kappa shape index (κ3) is 2.12. The van der Waals surface area contributed by atoms with Crippen LogP contribution in [0.2, 0.25) is 0 Å². The summed E-state index contributed by atoms with van der Waals surface area (Å²) in [6.07, 6.45) is 10.6. The summed E-state index contributed by atoms with van der Waals surface area (Å²) < 4.78 is 0. The molecule has 0 aromatic carbocycles. The van der Waals surface area contributed by atoms with Crippen LogP contribution < -0.4 is 10.6 Å². The molecule has 0 amide bonds. The average Bonchev–Trinajstić information content (AvgIpc) is 2.85. The van der Waals surface area contributed by atoms with Gasteiger partial charge in [0.25, 0.3) is 0 Å². The predicted octanol–water partition coefficient (Wildman–Crippen LogP) is 2.40. The second kappa shape index (κ2) is 4.79. The van der Waals surface area contributed by atoms with Crippen LogP contribution in [0.3, 0.4) is 0 Å². The zero-order valence-electron chi connectivity index (χ0n) is 11.5. The Balaban J connectivity index is 1.29. The van der Waals surface area contributed by atoms with Crippen molar-refractivity contribution in [1.29, 1.82) is 0 Å². The lowest BCUT2D eigenvalue weighted by atomic mass is 9.52. The molecule has 1 heterocycles. The molecule has 4 aliphatic carbocycles. The molecule has 2 N–H and O–H groups in total. The van der Waals surface area contributed by atoms with E-state index in [1.807, 2.05) is 0 Å². The Bertz CT molecular complexity index is 267. The Morgan fingerprint density at radius 1 is 0.889 bits per heavy atom. The molecule has 5 rings (SSSR count). The first kappa shape index (κ1) is 11.7. The van der Waals surface area contributed by atoms with Crippen LogP contribution in [0.5, 0.6) is 0 Å². The standard InChI is InChI=1S/C16H28N2/c1-2-15(18-3-1)9-17-10-16-13-5-11-4-12(7-13)8-14(16)6-11/h11-18H,1-10H2. The van der Waals surface area contributed by atoms with Gasteiger partial charge in [0, 0.05) is 12.6 Å². The highest BCUT2D eigenvalue weighted by molar-refractivity contribution is 4.98. The van der Waals surface area contributed by atoms with E-state index in [1.165, 1.54) is 32.5 Å². The Kier molecular flexibility index (Phi) is 3.12. The molecule has 1 unspecified atom stereocenters. The highest BCUT2D eigenvalue weighted by atomic mass is 15.0. The molecule has 5 fully saturated rings. The number of hydrogen-bond donors (Lipinski definition) is 2. The van der Waals surface area contributed by atoms with Crippen LogP contribution in [0.1, 0.15) is 44.9 Å². The van der Waals surface area contributed by atoms with Crippen molar-refractivity contribution in [3.8, 4) is 0 Å². The molecule has 1 saturated heterocycles. The summed E-state index contributed by atoms with van der Waals surface area (Å²) in [5.41, 5.74) is 0. The van der Waals surface area contributed by atoms with Gasteiger partial charge in [0.05, 0.1) is 0 Å². The maximum absolute atomic E-state index is 3.79. The van der Waals surface area contributed by atoms with Crippen LogP contribution in [0.4, 0.5) is 0 Å². The fraction of sp³-hybridized carbons (Fsp3) is 1.00. The quantitative estimate of drug-likeness (QED) is 0.798. The molecule has 1 aliphatic heterocycles. The molecule has 0 radical (unpaired) electrons. The molecule has 0 aromatic rings. The van der Waals surface area contributed by atoms with Gasteiger partial charge in [-0.15, -0.1) is 0 Å². The molecule has 4 bridgehead atoms. The van der Waals surface area contributed by atoms with Gasteiger partial charge in [-0.1, -0.05) is 0 Å². The first-order valence-corrected chi connectivity index (χ1v) is 8.32. The molecule has 4 saturated carbocycles. The van der Waals surface area contributed by atoms with Crippen LogP contribution in [0, 0.1) is 29.6 Å². The monoisotopic (exact) mass is 248 g/mol. The number of nitrogens with one attached hydrogen (secondary N) is 2. The van der Waals surface area contributed by atoms with Crippen LogP contribution in [0.15, 0.2) is 0 Å². The lowest BCUT2D eigenvalue weighted by Crippen LogP contribution is -2.49. The molecular formula is C16H28N2. The minimum absolute atomic E-state index is 0.766. The average molecular weight is 248 g/mol. The fourth-order valence-electron chi connectivity index (χ4n) is 5.73. The molecular weight excluding hydrogens is 220 g/mol. The highest BCUT2D eigenvalue weighted by Crippen LogP contribution is 2.56. The SMILES string of the molecule is C1CNC(CNCC2C3CC4CC(C3)CC2C4)C1. The third-order valence-electron chi connectivity index (χ3n) is 6.36. The Morgan fingerprint density at radius 3 is 2.22 bits per heavy atom. The van der Waals surface area contributed by atoms with Crippen LogP contribution in [0.25, 0.3) is 0 Å². The molecule has 0 spiro atoms. The van der Waals surface area contributed by atoms with E-state index < -0.39 is 0 Å². The van der Waals surface area contributed by atoms with E-state index in [9.17, 15) is 0 Å². The van der Waals surface area contributed by atoms with Crippen molar-refractivity contribution in [2.75, 3.05) is 19.6 Å². The minimum atomic E-state index is 0.766. The minimum Gasteiger partial charge on any atom is -0.315 e. The van der Waals surface area contributed by atoms with Gasteiger partial charge < -0.3 is 10.6 Å². The van der Waals surface area contributed by atoms with Gasteiger partial charge in [0.15, 0.2) is 0 Å². The second-order valence-corrected chi connectivity index (χ2v) is 7.55. The zero-order valence-corrected chi connectivity index (χ0v) is 11.5. The molecule has 18 heavy (non-hydrogen) atoms. The largest absolute Gasteiger partial charge is 0.315 e. The Labute approximate surface area is 111 Å². The van der Waals surface area contributed by atoms with Crippen molar-refractivity contribution >= 4 is 0 Å². The van der Waals surface area contributed by atoms with Crippen molar-refractivity contribution in [1.82, 2.24) is 10.6 Å². The van der Waals surface area contributed by atoms with Crippen molar-refractivity contribution in [2.45, 2.75) is 51.0 Å². The first-order valence-electron chi connectivity index (χ1n) is 8.32. The van der Waals surface area contributed by atoms with Crippen LogP contribution >= 0.6 is 0 Å². The molecule has 2 nitrogen and oxygen atoms in total. The molecule has 1 atom stereocenters. The van der Waals surface area contributed by atoms with Gasteiger partial charge in [0.2, 0.25) is 0 Å². The predicted molar refractivity (Wildman–Crippen MR) is 74.4 cm³/mol. The van der Waals surface area contributed by atoms with Crippen molar-refractivity contribution in [2.24, 2.45) is 29.6 Å². The van der Waals surface area contributed by atoms with Gasteiger partial charge in [-0.2, -0.15) is 0 Å². The maximum atomic E-state index is 3.79. The van der Waals surface area contributed by atoms with Crippen LogP contribution in [-0.2, 0) is 0 Å². The molecule has 2 heteroatoms. The Morgan fingerprint density at radius 2 is 1.61 bits per heavy atom. The van der Waals surface area contributed by atoms with Crippen molar-refractivity contribution in [3.63, 3.8) is 0 Å². The second-order valence-electron chi connectivity index (χ2n) is 7.55. The van der Waals surface area contributed by atoms with Crippen molar-refractivity contribution in [3.05, 3.63) is 0 Å². The van der Waals surface area contributed by atoms with E-state index in [2.05, 4.69) is 10.6 Å². The molecule has 5 aliphatic rings. The van der Waals surface area contributed by atoms with Gasteiger partial charge in [-0.25, -0.2) is 0 Å². The summed E-state index contributed by atoms with van der Waals surface area (Å²) in [5.74, 6) is 5.45. The number of hydrogen-bond acceptors (Lipinski definition) is 2. The van der Waals surface area contributed by atoms with E-state index in [-0.39, 0.29) is 0 Å². The third-order valence-corrected chi connectivity index (χ3v) is 6.36. The lowest BCUT2D eigenvalue weighted by molar-refractivity contribution is -0.0355. The van der Waals surface area contributed by atoms with Gasteiger partial charge in [-0.05, 0) is 87.6 Å². The highest BCUT2D eigenvalue weighted by Gasteiger charge is 2.47. The summed E-state index contributed by atoms with van der Waals surface area (Å²) >= 11 is 0. The number of rotatable bonds is 4. The van der Waals surface area contributed by atoms with Gasteiger partial charge >= 0.3 is 0 Å². The topological polar surface area (TPSA) is 24.1 Å². The van der Waals surface area contributed by atoms with E-state index in [0.29, 0.717) is 0 Å². The Hall–Kier alpha value is -0.0800. The maximum Gasteiger partial charge on any atom is 0.0192 e. The van der Waals surface area contributed by atoms with E-state index in [4.69, 9.17) is 0 Å². The first-order chi connectivity index (χ1) is 8.88. The molecule has 0 aromatic heterocycles. The van der Waals surface area contributed by atoms with Crippen LogP contribution in [-0.4, -0.2) is 25.7 Å². The summed E-state index contributed by atoms with van der Waals surface area (Å²) in [7, 11) is 0. The van der Waals surface area contributed by atoms with Gasteiger partial charge in [-0.3, -0.25) is 0 Å². The normalized spacial score (nSPS) is 50.0. The van der Waals surface area contributed by atoms with Crippen molar-refractivity contribution < 1.29 is 0 Å². The summed E-state index contributed by atoms with van der Waals surface area (Å²) in [6, 6.07) is 0.766. The molecule has 102 valence electrons. The summed E-state index contributed by atoms with van der Waals surface area (Å²) in [4.78, 5) is 0. The van der Waals surface area contributed by atoms with Gasteiger partial charge in [0.1, 0.15) is 0 Å². The zero-order chi connectivity index (χ0) is 11.9. The van der Waals surface area contributed by atoms with E-state index >= 15 is 0 Å².